The topological polar surface area (TPSA) is 70.0 Å². The van der Waals surface area contributed by atoms with Crippen LogP contribution in [0.3, 0.4) is 0 Å². The zero-order valence-corrected chi connectivity index (χ0v) is 9.27. The van der Waals surface area contributed by atoms with Gasteiger partial charge in [-0.15, -0.1) is 0 Å². The summed E-state index contributed by atoms with van der Waals surface area (Å²) in [4.78, 5) is 12.6. The minimum atomic E-state index is -0.842. The van der Waals surface area contributed by atoms with Crippen LogP contribution in [0, 0.1) is 0 Å². The number of hydrogen-bond acceptors (Lipinski definition) is 4. The number of carboxylic acid groups (broad SMARTS) is 1. The number of carbonyl (C=O) groups is 1. The molecule has 2 N–H and O–H groups in total. The molecule has 1 atom stereocenters. The highest BCUT2D eigenvalue weighted by Crippen LogP contribution is 2.12. The lowest BCUT2D eigenvalue weighted by Gasteiger charge is -2.35. The number of nitrogens with zero attached hydrogens (tertiary/aromatic N) is 1. The smallest absolute Gasteiger partial charge is 0.306 e. The molecule has 0 aliphatic carbocycles. The molecule has 1 rings (SSSR count). The molecule has 1 heterocycles. The van der Waals surface area contributed by atoms with Crippen molar-refractivity contribution in [1.29, 1.82) is 0 Å². The molecule has 1 fully saturated rings. The van der Waals surface area contributed by atoms with Crippen LogP contribution in [0.15, 0.2) is 0 Å². The van der Waals surface area contributed by atoms with E-state index in [2.05, 4.69) is 0 Å². The third kappa shape index (κ3) is 5.11. The SMILES string of the molecule is CC(C)(O)CN1CCOC(CC(=O)O)C1. The first-order valence-corrected chi connectivity index (χ1v) is 5.15. The van der Waals surface area contributed by atoms with Gasteiger partial charge < -0.3 is 14.9 Å². The molecule has 0 spiro atoms. The second-order valence-electron chi connectivity index (χ2n) is 4.64. The third-order valence-corrected chi connectivity index (χ3v) is 2.24. The van der Waals surface area contributed by atoms with Crippen molar-refractivity contribution in [2.45, 2.75) is 32.0 Å². The van der Waals surface area contributed by atoms with E-state index >= 15 is 0 Å². The van der Waals surface area contributed by atoms with Crippen molar-refractivity contribution >= 4 is 5.97 Å². The first kappa shape index (κ1) is 12.4. The zero-order valence-electron chi connectivity index (χ0n) is 9.27. The third-order valence-electron chi connectivity index (χ3n) is 2.24. The van der Waals surface area contributed by atoms with Crippen molar-refractivity contribution in [2.75, 3.05) is 26.2 Å². The summed E-state index contributed by atoms with van der Waals surface area (Å²) in [5.74, 6) is -0.842. The maximum atomic E-state index is 10.5. The molecule has 1 unspecified atom stereocenters. The molecule has 1 aliphatic heterocycles. The van der Waals surface area contributed by atoms with Gasteiger partial charge in [-0.1, -0.05) is 0 Å². The molecule has 0 aromatic heterocycles. The molecule has 5 heteroatoms. The molecule has 88 valence electrons. The minimum absolute atomic E-state index is 0.0301. The van der Waals surface area contributed by atoms with E-state index in [1.54, 1.807) is 13.8 Å². The van der Waals surface area contributed by atoms with Crippen LogP contribution in [-0.2, 0) is 9.53 Å². The quantitative estimate of drug-likeness (QED) is 0.690. The molecule has 1 aliphatic rings. The molecular formula is C10H19NO4. The van der Waals surface area contributed by atoms with Crippen molar-refractivity contribution in [3.8, 4) is 0 Å². The van der Waals surface area contributed by atoms with Crippen molar-refractivity contribution in [3.05, 3.63) is 0 Å². The van der Waals surface area contributed by atoms with Crippen LogP contribution in [0.5, 0.6) is 0 Å². The summed E-state index contributed by atoms with van der Waals surface area (Å²) in [6, 6.07) is 0. The number of aliphatic carboxylic acids is 1. The van der Waals surface area contributed by atoms with Gasteiger partial charge in [-0.2, -0.15) is 0 Å². The highest BCUT2D eigenvalue weighted by molar-refractivity contribution is 5.67. The fraction of sp³-hybridized carbons (Fsp3) is 0.900. The monoisotopic (exact) mass is 217 g/mol. The number of β-amino-alcohol motifs (C(OH)–C–C–N with tert-alkyl or cyclic N) is 1. The van der Waals surface area contributed by atoms with Gasteiger partial charge in [0.15, 0.2) is 0 Å². The van der Waals surface area contributed by atoms with Crippen LogP contribution in [0.25, 0.3) is 0 Å². The predicted molar refractivity (Wildman–Crippen MR) is 54.7 cm³/mol. The number of rotatable bonds is 4. The highest BCUT2D eigenvalue weighted by Gasteiger charge is 2.26. The Kier molecular flexibility index (Phi) is 4.07. The number of carboxylic acids is 1. The van der Waals surface area contributed by atoms with Gasteiger partial charge in [0.2, 0.25) is 0 Å². The molecule has 0 bridgehead atoms. The van der Waals surface area contributed by atoms with Gasteiger partial charge in [-0.25, -0.2) is 0 Å². The van der Waals surface area contributed by atoms with Gasteiger partial charge >= 0.3 is 5.97 Å². The van der Waals surface area contributed by atoms with E-state index in [0.29, 0.717) is 19.7 Å². The average Bonchev–Trinajstić information content (AvgIpc) is 1.99. The van der Waals surface area contributed by atoms with E-state index < -0.39 is 11.6 Å². The Morgan fingerprint density at radius 1 is 1.60 bits per heavy atom. The van der Waals surface area contributed by atoms with E-state index in [1.807, 2.05) is 4.90 Å². The lowest BCUT2D eigenvalue weighted by molar-refractivity contribution is -0.142. The van der Waals surface area contributed by atoms with E-state index in [9.17, 15) is 9.90 Å². The number of ether oxygens (including phenoxy) is 1. The summed E-state index contributed by atoms with van der Waals surface area (Å²) in [5, 5.41) is 18.3. The molecule has 0 amide bonds. The van der Waals surface area contributed by atoms with Crippen molar-refractivity contribution in [2.24, 2.45) is 0 Å². The van der Waals surface area contributed by atoms with Gasteiger partial charge in [-0.05, 0) is 13.8 Å². The lowest BCUT2D eigenvalue weighted by atomic mass is 10.1. The van der Waals surface area contributed by atoms with Crippen LogP contribution in [0.4, 0.5) is 0 Å². The van der Waals surface area contributed by atoms with E-state index in [-0.39, 0.29) is 12.5 Å². The Bertz CT molecular complexity index is 224. The summed E-state index contributed by atoms with van der Waals surface area (Å²) < 4.78 is 5.33. The number of morpholine rings is 1. The maximum Gasteiger partial charge on any atom is 0.306 e. The molecule has 1 saturated heterocycles. The largest absolute Gasteiger partial charge is 0.481 e. The van der Waals surface area contributed by atoms with Crippen LogP contribution >= 0.6 is 0 Å². The van der Waals surface area contributed by atoms with Crippen LogP contribution in [0.2, 0.25) is 0 Å². The van der Waals surface area contributed by atoms with Gasteiger partial charge in [0.05, 0.1) is 24.7 Å². The van der Waals surface area contributed by atoms with Gasteiger partial charge in [0, 0.05) is 19.6 Å². The van der Waals surface area contributed by atoms with Crippen molar-refractivity contribution in [1.82, 2.24) is 4.90 Å². The van der Waals surface area contributed by atoms with Gasteiger partial charge in [0.1, 0.15) is 0 Å². The number of aliphatic hydroxyl groups is 1. The van der Waals surface area contributed by atoms with E-state index in [0.717, 1.165) is 6.54 Å². The highest BCUT2D eigenvalue weighted by atomic mass is 16.5. The molecule has 0 aromatic rings. The fourth-order valence-corrected chi connectivity index (χ4v) is 1.79. The lowest BCUT2D eigenvalue weighted by Crippen LogP contribution is -2.48. The van der Waals surface area contributed by atoms with Crippen molar-refractivity contribution < 1.29 is 19.7 Å². The predicted octanol–water partition coefficient (Wildman–Crippen LogP) is -0.0672. The molecule has 0 aromatic carbocycles. The molecule has 0 radical (unpaired) electrons. The molecule has 0 saturated carbocycles. The Labute approximate surface area is 89.6 Å². The zero-order chi connectivity index (χ0) is 11.5. The Hall–Kier alpha value is -0.650. The summed E-state index contributed by atoms with van der Waals surface area (Å²) in [6.45, 7) is 5.90. The second kappa shape index (κ2) is 4.92. The van der Waals surface area contributed by atoms with Gasteiger partial charge in [0.25, 0.3) is 0 Å². The standard InChI is InChI=1S/C10H19NO4/c1-10(2,14)7-11-3-4-15-8(6-11)5-9(12)13/h8,14H,3-7H2,1-2H3,(H,12,13). The Balaban J connectivity index is 2.38. The first-order chi connectivity index (χ1) is 6.87. The second-order valence-corrected chi connectivity index (χ2v) is 4.64. The Morgan fingerprint density at radius 3 is 2.80 bits per heavy atom. The van der Waals surface area contributed by atoms with E-state index in [1.165, 1.54) is 0 Å². The fourth-order valence-electron chi connectivity index (χ4n) is 1.79. The molecule has 15 heavy (non-hydrogen) atoms. The molecular weight excluding hydrogens is 198 g/mol. The summed E-state index contributed by atoms with van der Waals surface area (Å²) in [7, 11) is 0. The summed E-state index contributed by atoms with van der Waals surface area (Å²) >= 11 is 0. The number of hydrogen-bond donors (Lipinski definition) is 2. The first-order valence-electron chi connectivity index (χ1n) is 5.15. The van der Waals surface area contributed by atoms with Crippen LogP contribution in [-0.4, -0.2) is 59.0 Å². The Morgan fingerprint density at radius 2 is 2.27 bits per heavy atom. The summed E-state index contributed by atoms with van der Waals surface area (Å²) in [5.41, 5.74) is -0.745. The molecule has 5 nitrogen and oxygen atoms in total. The normalized spacial score (nSPS) is 24.1. The van der Waals surface area contributed by atoms with Crippen molar-refractivity contribution in [3.63, 3.8) is 0 Å². The summed E-state index contributed by atoms with van der Waals surface area (Å²) in [6.07, 6.45) is -0.221. The maximum absolute atomic E-state index is 10.5. The van der Waals surface area contributed by atoms with E-state index in [4.69, 9.17) is 9.84 Å². The van der Waals surface area contributed by atoms with Crippen LogP contribution in [0.1, 0.15) is 20.3 Å². The van der Waals surface area contributed by atoms with Gasteiger partial charge in [-0.3, -0.25) is 9.69 Å². The minimum Gasteiger partial charge on any atom is -0.481 e. The van der Waals surface area contributed by atoms with Crippen LogP contribution < -0.4 is 0 Å². The average molecular weight is 217 g/mol.